The number of guanidine groups is 1. The van der Waals surface area contributed by atoms with E-state index in [-0.39, 0.29) is 35.8 Å². The second-order valence-corrected chi connectivity index (χ2v) is 10.1. The Hall–Kier alpha value is -1.17. The molecule has 0 spiro atoms. The number of thiophene rings is 1. The van der Waals surface area contributed by atoms with Gasteiger partial charge < -0.3 is 10.6 Å². The fourth-order valence-electron chi connectivity index (χ4n) is 2.80. The number of hydrogen-bond donors (Lipinski definition) is 3. The van der Waals surface area contributed by atoms with Crippen molar-refractivity contribution in [3.8, 4) is 0 Å². The highest BCUT2D eigenvalue weighted by Crippen LogP contribution is 2.19. The summed E-state index contributed by atoms with van der Waals surface area (Å²) in [5.74, 6) is 1.18. The number of sulfonamides is 1. The Morgan fingerprint density at radius 2 is 1.73 bits per heavy atom. The second-order valence-electron chi connectivity index (χ2n) is 7.34. The van der Waals surface area contributed by atoms with E-state index in [0.29, 0.717) is 12.5 Å². The maximum absolute atomic E-state index is 12.0. The Labute approximate surface area is 202 Å². The molecule has 0 aliphatic carbocycles. The van der Waals surface area contributed by atoms with Crippen molar-refractivity contribution in [2.24, 2.45) is 4.99 Å². The van der Waals surface area contributed by atoms with Crippen LogP contribution in [0.2, 0.25) is 0 Å². The van der Waals surface area contributed by atoms with E-state index in [1.165, 1.54) is 4.88 Å². The van der Waals surface area contributed by atoms with Crippen molar-refractivity contribution in [1.82, 2.24) is 15.4 Å². The highest BCUT2D eigenvalue weighted by atomic mass is 127. The molecule has 1 heterocycles. The van der Waals surface area contributed by atoms with E-state index in [9.17, 15) is 8.42 Å². The number of nitrogens with one attached hydrogen (secondary N) is 3. The Kier molecular flexibility index (Phi) is 11.9. The Bertz CT molecular complexity index is 867. The van der Waals surface area contributed by atoms with Gasteiger partial charge in [0.15, 0.2) is 5.96 Å². The van der Waals surface area contributed by atoms with E-state index in [4.69, 9.17) is 0 Å². The molecular formula is C21H33IN4O2S2. The third-order valence-corrected chi connectivity index (χ3v) is 6.81. The van der Waals surface area contributed by atoms with E-state index in [1.807, 2.05) is 45.0 Å². The molecule has 0 fully saturated rings. The Balaban J connectivity index is 0.00000450. The highest BCUT2D eigenvalue weighted by Gasteiger charge is 2.13. The lowest BCUT2D eigenvalue weighted by Crippen LogP contribution is -2.39. The quantitative estimate of drug-likeness (QED) is 0.231. The van der Waals surface area contributed by atoms with Gasteiger partial charge >= 0.3 is 0 Å². The van der Waals surface area contributed by atoms with E-state index >= 15 is 0 Å². The van der Waals surface area contributed by atoms with Gasteiger partial charge in [-0.1, -0.05) is 37.3 Å². The molecule has 6 nitrogen and oxygen atoms in total. The first-order valence-corrected chi connectivity index (χ1v) is 12.5. The molecule has 1 aromatic heterocycles. The minimum Gasteiger partial charge on any atom is -0.357 e. The lowest BCUT2D eigenvalue weighted by Gasteiger charge is -2.15. The van der Waals surface area contributed by atoms with Crippen LogP contribution < -0.4 is 15.4 Å². The molecule has 168 valence electrons. The smallest absolute Gasteiger partial charge is 0.216 e. The molecule has 0 aliphatic heterocycles. The number of hydrogen-bond acceptors (Lipinski definition) is 4. The first-order chi connectivity index (χ1) is 13.8. The summed E-state index contributed by atoms with van der Waals surface area (Å²) in [5, 5.41) is 8.76. The van der Waals surface area contributed by atoms with Gasteiger partial charge in [-0.15, -0.1) is 35.3 Å². The number of nitrogens with zero attached hydrogens (tertiary/aromatic N) is 1. The Morgan fingerprint density at radius 1 is 1.07 bits per heavy atom. The number of rotatable bonds is 10. The largest absolute Gasteiger partial charge is 0.357 e. The predicted octanol–water partition coefficient (Wildman–Crippen LogP) is 4.05. The molecule has 1 unspecified atom stereocenters. The molecule has 1 atom stereocenters. The van der Waals surface area contributed by atoms with Crippen LogP contribution >= 0.6 is 35.3 Å². The van der Waals surface area contributed by atoms with E-state index in [0.717, 1.165) is 30.2 Å². The van der Waals surface area contributed by atoms with E-state index < -0.39 is 10.0 Å². The van der Waals surface area contributed by atoms with E-state index in [2.05, 4.69) is 44.8 Å². The number of benzene rings is 1. The normalized spacial score (nSPS) is 13.0. The first-order valence-electron chi connectivity index (χ1n) is 9.92. The Morgan fingerprint density at radius 3 is 2.30 bits per heavy atom. The molecule has 0 bridgehead atoms. The summed E-state index contributed by atoms with van der Waals surface area (Å²) in [6, 6.07) is 11.7. The van der Waals surface area contributed by atoms with Crippen molar-refractivity contribution in [2.45, 2.75) is 52.0 Å². The average Bonchev–Trinajstić information content (AvgIpc) is 3.18. The van der Waals surface area contributed by atoms with Gasteiger partial charge in [-0.25, -0.2) is 18.1 Å². The average molecular weight is 565 g/mol. The summed E-state index contributed by atoms with van der Waals surface area (Å²) < 4.78 is 26.7. The van der Waals surface area contributed by atoms with Crippen molar-refractivity contribution in [3.05, 3.63) is 57.8 Å². The van der Waals surface area contributed by atoms with Crippen LogP contribution in [0, 0.1) is 0 Å². The van der Waals surface area contributed by atoms with Gasteiger partial charge in [0, 0.05) is 29.9 Å². The SMILES string of the molecule is CCNC(=NCc1ccc(CS(=O)(=O)NC(C)C)cc1)NCC(C)c1cccs1.I. The molecule has 0 saturated heterocycles. The summed E-state index contributed by atoms with van der Waals surface area (Å²) in [6.45, 7) is 10.0. The van der Waals surface area contributed by atoms with Crippen molar-refractivity contribution in [3.63, 3.8) is 0 Å². The lowest BCUT2D eigenvalue weighted by atomic mass is 10.1. The van der Waals surface area contributed by atoms with Crippen molar-refractivity contribution < 1.29 is 8.42 Å². The molecule has 30 heavy (non-hydrogen) atoms. The van der Waals surface area contributed by atoms with Crippen LogP contribution in [0.25, 0.3) is 0 Å². The number of aliphatic imine (C=N–C) groups is 1. The molecule has 0 aliphatic rings. The summed E-state index contributed by atoms with van der Waals surface area (Å²) >= 11 is 1.77. The van der Waals surface area contributed by atoms with Crippen molar-refractivity contribution >= 4 is 51.3 Å². The lowest BCUT2D eigenvalue weighted by molar-refractivity contribution is 0.569. The fraction of sp³-hybridized carbons (Fsp3) is 0.476. The maximum Gasteiger partial charge on any atom is 0.216 e. The van der Waals surface area contributed by atoms with Gasteiger partial charge in [-0.05, 0) is 43.3 Å². The van der Waals surface area contributed by atoms with Crippen LogP contribution in [0.5, 0.6) is 0 Å². The van der Waals surface area contributed by atoms with Crippen LogP contribution in [-0.2, 0) is 22.3 Å². The molecule has 1 aromatic carbocycles. The van der Waals surface area contributed by atoms with Crippen LogP contribution in [0.15, 0.2) is 46.8 Å². The van der Waals surface area contributed by atoms with Crippen molar-refractivity contribution in [2.75, 3.05) is 13.1 Å². The minimum absolute atomic E-state index is 0. The monoisotopic (exact) mass is 564 g/mol. The van der Waals surface area contributed by atoms with E-state index in [1.54, 1.807) is 11.3 Å². The van der Waals surface area contributed by atoms with Gasteiger partial charge in [-0.2, -0.15) is 0 Å². The molecule has 2 aromatic rings. The van der Waals surface area contributed by atoms with Crippen LogP contribution in [0.4, 0.5) is 0 Å². The standard InChI is InChI=1S/C21H32N4O2S2.HI/c1-5-22-21(23-13-17(4)20-7-6-12-28-20)24-14-18-8-10-19(11-9-18)15-29(26,27)25-16(2)3;/h6-12,16-17,25H,5,13-15H2,1-4H3,(H2,22,23,24);1H. The molecule has 2 rings (SSSR count). The number of halogens is 1. The van der Waals surface area contributed by atoms with Crippen LogP contribution in [0.1, 0.15) is 49.6 Å². The molecule has 9 heteroatoms. The van der Waals surface area contributed by atoms with Gasteiger partial charge in [0.2, 0.25) is 10.0 Å². The molecule has 0 radical (unpaired) electrons. The fourth-order valence-corrected chi connectivity index (χ4v) is 5.02. The summed E-state index contributed by atoms with van der Waals surface area (Å²) in [7, 11) is -3.31. The van der Waals surface area contributed by atoms with Crippen molar-refractivity contribution in [1.29, 1.82) is 0 Å². The molecule has 0 amide bonds. The predicted molar refractivity (Wildman–Crippen MR) is 138 cm³/mol. The third-order valence-electron chi connectivity index (χ3n) is 4.16. The summed E-state index contributed by atoms with van der Waals surface area (Å²) in [4.78, 5) is 6.00. The third kappa shape index (κ3) is 9.76. The van der Waals surface area contributed by atoms with Gasteiger partial charge in [-0.3, -0.25) is 0 Å². The zero-order chi connectivity index (χ0) is 21.3. The zero-order valence-corrected chi connectivity index (χ0v) is 22.0. The van der Waals surface area contributed by atoms with Gasteiger partial charge in [0.05, 0.1) is 12.3 Å². The van der Waals surface area contributed by atoms with Crippen LogP contribution in [0.3, 0.4) is 0 Å². The summed E-state index contributed by atoms with van der Waals surface area (Å²) in [5.41, 5.74) is 1.80. The van der Waals surface area contributed by atoms with Gasteiger partial charge in [0.25, 0.3) is 0 Å². The maximum atomic E-state index is 12.0. The second kappa shape index (κ2) is 13.3. The van der Waals surface area contributed by atoms with Gasteiger partial charge in [0.1, 0.15) is 0 Å². The first kappa shape index (κ1) is 26.9. The zero-order valence-electron chi connectivity index (χ0n) is 18.0. The van der Waals surface area contributed by atoms with Crippen LogP contribution in [-0.4, -0.2) is 33.5 Å². The molecular weight excluding hydrogens is 531 g/mol. The topological polar surface area (TPSA) is 82.6 Å². The minimum atomic E-state index is -3.31. The molecule has 3 N–H and O–H groups in total. The highest BCUT2D eigenvalue weighted by molar-refractivity contribution is 14.0. The molecule has 0 saturated carbocycles. The summed E-state index contributed by atoms with van der Waals surface area (Å²) in [6.07, 6.45) is 0.